The maximum Gasteiger partial charge on any atom is 0.192 e. The molecule has 1 aromatic carbocycles. The van der Waals surface area contributed by atoms with Crippen molar-refractivity contribution in [1.82, 2.24) is 0 Å². The second-order valence-electron chi connectivity index (χ2n) is 3.43. The summed E-state index contributed by atoms with van der Waals surface area (Å²) in [5, 5.41) is 0.651. The average molecular weight is 225 g/mol. The lowest BCUT2D eigenvalue weighted by Crippen LogP contribution is -2.08. The molecule has 0 bridgehead atoms. The van der Waals surface area contributed by atoms with E-state index in [9.17, 15) is 4.79 Å². The number of allylic oxidation sites excluding steroid dienone is 1. The summed E-state index contributed by atoms with van der Waals surface area (Å²) in [5.74, 6) is 0.611. The van der Waals surface area contributed by atoms with Gasteiger partial charge in [0.05, 0.1) is 0 Å². The molecule has 0 amide bonds. The molecule has 3 heteroatoms. The van der Waals surface area contributed by atoms with Gasteiger partial charge in [0.15, 0.2) is 12.4 Å². The summed E-state index contributed by atoms with van der Waals surface area (Å²) in [6.45, 7) is 3.81. The third-order valence-corrected chi connectivity index (χ3v) is 1.90. The van der Waals surface area contributed by atoms with E-state index >= 15 is 0 Å². The molecule has 80 valence electrons. The Morgan fingerprint density at radius 2 is 1.93 bits per heavy atom. The van der Waals surface area contributed by atoms with Gasteiger partial charge in [-0.05, 0) is 44.2 Å². The second kappa shape index (κ2) is 5.56. The van der Waals surface area contributed by atoms with E-state index in [2.05, 4.69) is 0 Å². The van der Waals surface area contributed by atoms with E-state index in [4.69, 9.17) is 16.3 Å². The van der Waals surface area contributed by atoms with Crippen molar-refractivity contribution in [1.29, 1.82) is 0 Å². The Labute approximate surface area is 94.5 Å². The first-order valence-electron chi connectivity index (χ1n) is 4.64. The summed E-state index contributed by atoms with van der Waals surface area (Å²) in [7, 11) is 0. The highest BCUT2D eigenvalue weighted by atomic mass is 35.5. The topological polar surface area (TPSA) is 26.3 Å². The standard InChI is InChI=1S/C12H13ClO2/c1-9(2)7-11(14)8-15-12-5-3-10(13)4-6-12/h3-7H,8H2,1-2H3. The molecule has 0 unspecified atom stereocenters. The first-order valence-corrected chi connectivity index (χ1v) is 5.02. The van der Waals surface area contributed by atoms with Gasteiger partial charge in [0.1, 0.15) is 5.75 Å². The molecule has 0 N–H and O–H groups in total. The Kier molecular flexibility index (Phi) is 4.37. The molecule has 0 aliphatic carbocycles. The van der Waals surface area contributed by atoms with E-state index in [1.807, 2.05) is 13.8 Å². The second-order valence-corrected chi connectivity index (χ2v) is 3.87. The summed E-state index contributed by atoms with van der Waals surface area (Å²) in [6.07, 6.45) is 1.57. The van der Waals surface area contributed by atoms with E-state index in [1.54, 1.807) is 30.3 Å². The Bertz CT molecular complexity index is 362. The third kappa shape index (κ3) is 4.66. The SMILES string of the molecule is CC(C)=CC(=O)COc1ccc(Cl)cc1. The molecule has 0 heterocycles. The fourth-order valence-electron chi connectivity index (χ4n) is 1.05. The molecule has 0 aliphatic heterocycles. The van der Waals surface area contributed by atoms with Crippen molar-refractivity contribution in [2.45, 2.75) is 13.8 Å². The molecule has 0 atom stereocenters. The third-order valence-electron chi connectivity index (χ3n) is 1.64. The highest BCUT2D eigenvalue weighted by Gasteiger charge is 1.99. The Balaban J connectivity index is 2.47. The van der Waals surface area contributed by atoms with Crippen LogP contribution in [0.3, 0.4) is 0 Å². The first kappa shape index (κ1) is 11.8. The Morgan fingerprint density at radius 1 is 1.33 bits per heavy atom. The van der Waals surface area contributed by atoms with E-state index in [1.165, 1.54) is 0 Å². The van der Waals surface area contributed by atoms with Crippen molar-refractivity contribution in [2.75, 3.05) is 6.61 Å². The van der Waals surface area contributed by atoms with Crippen LogP contribution >= 0.6 is 11.6 Å². The maximum absolute atomic E-state index is 11.3. The smallest absolute Gasteiger partial charge is 0.192 e. The Hall–Kier alpha value is -1.28. The van der Waals surface area contributed by atoms with E-state index in [-0.39, 0.29) is 12.4 Å². The van der Waals surface area contributed by atoms with Crippen LogP contribution in [0.2, 0.25) is 5.02 Å². The number of benzene rings is 1. The maximum atomic E-state index is 11.3. The summed E-state index contributed by atoms with van der Waals surface area (Å²) >= 11 is 5.71. The number of rotatable bonds is 4. The fourth-order valence-corrected chi connectivity index (χ4v) is 1.17. The van der Waals surface area contributed by atoms with Gasteiger partial charge in [-0.2, -0.15) is 0 Å². The molecular formula is C12H13ClO2. The van der Waals surface area contributed by atoms with Crippen LogP contribution in [-0.2, 0) is 4.79 Å². The highest BCUT2D eigenvalue weighted by Crippen LogP contribution is 2.15. The number of ether oxygens (including phenoxy) is 1. The molecule has 0 saturated carbocycles. The van der Waals surface area contributed by atoms with Gasteiger partial charge in [-0.3, -0.25) is 4.79 Å². The average Bonchev–Trinajstić information content (AvgIpc) is 2.16. The minimum atomic E-state index is -0.0371. The molecule has 1 aromatic rings. The normalized spacial score (nSPS) is 9.53. The molecule has 1 rings (SSSR count). The van der Waals surface area contributed by atoms with Crippen LogP contribution in [0.5, 0.6) is 5.75 Å². The largest absolute Gasteiger partial charge is 0.485 e. The van der Waals surface area contributed by atoms with Crippen LogP contribution in [0, 0.1) is 0 Å². The summed E-state index contributed by atoms with van der Waals surface area (Å²) in [5.41, 5.74) is 0.972. The van der Waals surface area contributed by atoms with E-state index < -0.39 is 0 Å². The molecule has 15 heavy (non-hydrogen) atoms. The van der Waals surface area contributed by atoms with E-state index in [0.29, 0.717) is 10.8 Å². The number of carbonyl (C=O) groups is 1. The highest BCUT2D eigenvalue weighted by molar-refractivity contribution is 6.30. The molecular weight excluding hydrogens is 212 g/mol. The van der Waals surface area contributed by atoms with E-state index in [0.717, 1.165) is 5.57 Å². The zero-order valence-electron chi connectivity index (χ0n) is 8.79. The first-order chi connectivity index (χ1) is 7.08. The van der Waals surface area contributed by atoms with Crippen LogP contribution in [-0.4, -0.2) is 12.4 Å². The molecule has 2 nitrogen and oxygen atoms in total. The van der Waals surface area contributed by atoms with Crippen molar-refractivity contribution in [3.63, 3.8) is 0 Å². The number of halogens is 1. The lowest BCUT2D eigenvalue weighted by molar-refractivity contribution is -0.116. The lowest BCUT2D eigenvalue weighted by atomic mass is 10.2. The van der Waals surface area contributed by atoms with Crippen molar-refractivity contribution < 1.29 is 9.53 Å². The van der Waals surface area contributed by atoms with Crippen LogP contribution < -0.4 is 4.74 Å². The minimum absolute atomic E-state index is 0.0371. The van der Waals surface area contributed by atoms with Crippen LogP contribution in [0.15, 0.2) is 35.9 Å². The van der Waals surface area contributed by atoms with Crippen molar-refractivity contribution in [3.8, 4) is 5.75 Å². The van der Waals surface area contributed by atoms with Gasteiger partial charge >= 0.3 is 0 Å². The van der Waals surface area contributed by atoms with Crippen molar-refractivity contribution in [3.05, 3.63) is 40.9 Å². The number of hydrogen-bond acceptors (Lipinski definition) is 2. The zero-order chi connectivity index (χ0) is 11.3. The quantitative estimate of drug-likeness (QED) is 0.734. The predicted molar refractivity (Wildman–Crippen MR) is 61.4 cm³/mol. The van der Waals surface area contributed by atoms with Crippen molar-refractivity contribution in [2.24, 2.45) is 0 Å². The van der Waals surface area contributed by atoms with Gasteiger partial charge < -0.3 is 4.74 Å². The van der Waals surface area contributed by atoms with Gasteiger partial charge in [-0.25, -0.2) is 0 Å². The van der Waals surface area contributed by atoms with Crippen LogP contribution in [0.1, 0.15) is 13.8 Å². The van der Waals surface area contributed by atoms with Gasteiger partial charge in [-0.15, -0.1) is 0 Å². The zero-order valence-corrected chi connectivity index (χ0v) is 9.54. The molecule has 0 radical (unpaired) electrons. The molecule has 0 aliphatic rings. The molecule has 0 saturated heterocycles. The minimum Gasteiger partial charge on any atom is -0.485 e. The van der Waals surface area contributed by atoms with Gasteiger partial charge in [0, 0.05) is 5.02 Å². The van der Waals surface area contributed by atoms with Crippen molar-refractivity contribution >= 4 is 17.4 Å². The van der Waals surface area contributed by atoms with Crippen LogP contribution in [0.25, 0.3) is 0 Å². The van der Waals surface area contributed by atoms with Gasteiger partial charge in [0.2, 0.25) is 0 Å². The predicted octanol–water partition coefficient (Wildman–Crippen LogP) is 3.25. The summed E-state index contributed by atoms with van der Waals surface area (Å²) in [6, 6.07) is 6.92. The monoisotopic (exact) mass is 224 g/mol. The fraction of sp³-hybridized carbons (Fsp3) is 0.250. The molecule has 0 aromatic heterocycles. The number of carbonyl (C=O) groups excluding carboxylic acids is 1. The van der Waals surface area contributed by atoms with Gasteiger partial charge in [-0.1, -0.05) is 17.2 Å². The van der Waals surface area contributed by atoms with Crippen LogP contribution in [0.4, 0.5) is 0 Å². The molecule has 0 spiro atoms. The Morgan fingerprint density at radius 3 is 2.47 bits per heavy atom. The summed E-state index contributed by atoms with van der Waals surface area (Å²) < 4.78 is 5.27. The molecule has 0 fully saturated rings. The summed E-state index contributed by atoms with van der Waals surface area (Å²) in [4.78, 5) is 11.3. The number of ketones is 1. The lowest BCUT2D eigenvalue weighted by Gasteiger charge is -2.03. The van der Waals surface area contributed by atoms with Gasteiger partial charge in [0.25, 0.3) is 0 Å². The number of hydrogen-bond donors (Lipinski definition) is 0.